The van der Waals surface area contributed by atoms with Crippen molar-refractivity contribution in [1.82, 2.24) is 24.5 Å². The van der Waals surface area contributed by atoms with E-state index in [4.69, 9.17) is 4.74 Å². The normalized spacial score (nSPS) is 11.7. The molecule has 0 aliphatic rings. The van der Waals surface area contributed by atoms with Crippen LogP contribution in [0.25, 0.3) is 22.0 Å². The fourth-order valence-corrected chi connectivity index (χ4v) is 4.26. The number of nitrogens with zero attached hydrogens (tertiary/aromatic N) is 5. The molecule has 0 aliphatic carbocycles. The molecule has 2 heterocycles. The van der Waals surface area contributed by atoms with E-state index in [0.29, 0.717) is 18.5 Å². The molecule has 0 unspecified atom stereocenters. The van der Waals surface area contributed by atoms with Gasteiger partial charge < -0.3 is 9.64 Å². The highest BCUT2D eigenvalue weighted by Crippen LogP contribution is 2.36. The lowest BCUT2D eigenvalue weighted by atomic mass is 10.0. The smallest absolute Gasteiger partial charge is 0.201 e. The van der Waals surface area contributed by atoms with Gasteiger partial charge in [-0.3, -0.25) is 9.36 Å². The van der Waals surface area contributed by atoms with Crippen molar-refractivity contribution in [2.75, 3.05) is 20.7 Å². The Kier molecular flexibility index (Phi) is 6.21. The molecule has 6 nitrogen and oxygen atoms in total. The van der Waals surface area contributed by atoms with Crippen LogP contribution in [-0.4, -0.2) is 45.2 Å². The van der Waals surface area contributed by atoms with Crippen LogP contribution >= 0.6 is 0 Å². The Labute approximate surface area is 192 Å². The average molecular weight is 454 g/mol. The summed E-state index contributed by atoms with van der Waals surface area (Å²) in [6.07, 6.45) is 0.551. The summed E-state index contributed by atoms with van der Waals surface area (Å²) in [6, 6.07) is 8.51. The largest absolute Gasteiger partial charge is 0.489 e. The SMILES string of the molecule is Cc1nn(C)c(C)c1CCOc1c(-c2ccc3c(c2)c(CN(C)C)nn3C)ccc(F)c1F. The highest BCUT2D eigenvalue weighted by molar-refractivity contribution is 5.88. The molecular formula is C25H29F2N5O. The Balaban J connectivity index is 1.70. The van der Waals surface area contributed by atoms with E-state index in [1.807, 2.05) is 74.5 Å². The van der Waals surface area contributed by atoms with Gasteiger partial charge in [0.15, 0.2) is 11.6 Å². The van der Waals surface area contributed by atoms with Gasteiger partial charge in [0.25, 0.3) is 0 Å². The number of hydrogen-bond donors (Lipinski definition) is 0. The van der Waals surface area contributed by atoms with Gasteiger partial charge in [0, 0.05) is 43.7 Å². The third-order valence-corrected chi connectivity index (χ3v) is 6.01. The highest BCUT2D eigenvalue weighted by atomic mass is 19.2. The van der Waals surface area contributed by atoms with Crippen LogP contribution < -0.4 is 4.74 Å². The molecule has 0 saturated heterocycles. The van der Waals surface area contributed by atoms with Gasteiger partial charge in [0.2, 0.25) is 5.82 Å². The van der Waals surface area contributed by atoms with Crippen LogP contribution in [0.4, 0.5) is 8.78 Å². The van der Waals surface area contributed by atoms with Crippen molar-refractivity contribution < 1.29 is 13.5 Å². The molecule has 0 bridgehead atoms. The van der Waals surface area contributed by atoms with Gasteiger partial charge in [-0.1, -0.05) is 6.07 Å². The number of fused-ring (bicyclic) bond motifs is 1. The first-order valence-electron chi connectivity index (χ1n) is 10.9. The van der Waals surface area contributed by atoms with Crippen LogP contribution in [0.5, 0.6) is 5.75 Å². The highest BCUT2D eigenvalue weighted by Gasteiger charge is 2.19. The van der Waals surface area contributed by atoms with Gasteiger partial charge in [-0.05, 0) is 63.3 Å². The molecule has 0 amide bonds. The zero-order valence-corrected chi connectivity index (χ0v) is 19.9. The lowest BCUT2D eigenvalue weighted by Gasteiger charge is -2.14. The number of aryl methyl sites for hydroxylation is 3. The molecule has 33 heavy (non-hydrogen) atoms. The molecule has 0 N–H and O–H groups in total. The minimum atomic E-state index is -0.980. The van der Waals surface area contributed by atoms with Gasteiger partial charge in [0.05, 0.1) is 23.5 Å². The molecule has 2 aromatic carbocycles. The van der Waals surface area contributed by atoms with Crippen molar-refractivity contribution in [3.63, 3.8) is 0 Å². The minimum Gasteiger partial charge on any atom is -0.489 e. The Morgan fingerprint density at radius 3 is 2.42 bits per heavy atom. The molecule has 4 aromatic rings. The van der Waals surface area contributed by atoms with Crippen LogP contribution in [0.15, 0.2) is 30.3 Å². The molecule has 0 atom stereocenters. The summed E-state index contributed by atoms with van der Waals surface area (Å²) in [5, 5.41) is 10.0. The molecule has 0 saturated carbocycles. The zero-order valence-electron chi connectivity index (χ0n) is 19.9. The molecule has 0 aliphatic heterocycles. The third kappa shape index (κ3) is 4.35. The van der Waals surface area contributed by atoms with Crippen molar-refractivity contribution in [1.29, 1.82) is 0 Å². The molecule has 174 valence electrons. The maximum Gasteiger partial charge on any atom is 0.201 e. The van der Waals surface area contributed by atoms with E-state index >= 15 is 0 Å². The van der Waals surface area contributed by atoms with Crippen molar-refractivity contribution in [3.05, 3.63) is 64.6 Å². The van der Waals surface area contributed by atoms with Crippen LogP contribution in [0.1, 0.15) is 22.6 Å². The lowest BCUT2D eigenvalue weighted by Crippen LogP contribution is -2.11. The first-order valence-corrected chi connectivity index (χ1v) is 10.9. The fraction of sp³-hybridized carbons (Fsp3) is 0.360. The first-order chi connectivity index (χ1) is 15.7. The second-order valence-corrected chi connectivity index (χ2v) is 8.65. The number of aromatic nitrogens is 4. The van der Waals surface area contributed by atoms with Gasteiger partial charge >= 0.3 is 0 Å². The number of ether oxygens (including phenoxy) is 1. The Morgan fingerprint density at radius 2 is 1.76 bits per heavy atom. The predicted molar refractivity (Wildman–Crippen MR) is 125 cm³/mol. The summed E-state index contributed by atoms with van der Waals surface area (Å²) in [6.45, 7) is 4.80. The Morgan fingerprint density at radius 1 is 1.00 bits per heavy atom. The number of benzene rings is 2. The molecular weight excluding hydrogens is 424 g/mol. The van der Waals surface area contributed by atoms with Gasteiger partial charge in [-0.15, -0.1) is 0 Å². The maximum absolute atomic E-state index is 14.9. The first kappa shape index (κ1) is 22.9. The van der Waals surface area contributed by atoms with Crippen LogP contribution in [0.2, 0.25) is 0 Å². The summed E-state index contributed by atoms with van der Waals surface area (Å²) >= 11 is 0. The Hall–Kier alpha value is -3.26. The fourth-order valence-electron chi connectivity index (χ4n) is 4.26. The van der Waals surface area contributed by atoms with Gasteiger partial charge in [-0.2, -0.15) is 14.6 Å². The van der Waals surface area contributed by atoms with E-state index < -0.39 is 11.6 Å². The summed E-state index contributed by atoms with van der Waals surface area (Å²) in [5.41, 5.74) is 6.16. The molecule has 0 fully saturated rings. The van der Waals surface area contributed by atoms with E-state index in [2.05, 4.69) is 10.2 Å². The zero-order chi connectivity index (χ0) is 23.9. The summed E-state index contributed by atoms with van der Waals surface area (Å²) in [7, 11) is 7.75. The van der Waals surface area contributed by atoms with E-state index in [1.54, 1.807) is 6.07 Å². The van der Waals surface area contributed by atoms with E-state index in [1.165, 1.54) is 0 Å². The molecule has 0 radical (unpaired) electrons. The van der Waals surface area contributed by atoms with E-state index in [9.17, 15) is 8.78 Å². The average Bonchev–Trinajstić information content (AvgIpc) is 3.19. The number of rotatable bonds is 7. The van der Waals surface area contributed by atoms with Gasteiger partial charge in [0.1, 0.15) is 0 Å². The molecule has 0 spiro atoms. The van der Waals surface area contributed by atoms with Crippen molar-refractivity contribution in [2.45, 2.75) is 26.8 Å². The monoisotopic (exact) mass is 453 g/mol. The van der Waals surface area contributed by atoms with Crippen molar-refractivity contribution in [3.8, 4) is 16.9 Å². The maximum atomic E-state index is 14.9. The standard InChI is InChI=1S/C25H29F2N5O/c1-15-18(16(2)31(5)28-15)11-12-33-25-19(8-9-21(26)24(25)27)17-7-10-23-20(13-17)22(14-30(3)4)29-32(23)6/h7-10,13H,11-12,14H2,1-6H3. The lowest BCUT2D eigenvalue weighted by molar-refractivity contribution is 0.300. The summed E-state index contributed by atoms with van der Waals surface area (Å²) in [4.78, 5) is 2.04. The van der Waals surface area contributed by atoms with Crippen molar-refractivity contribution in [2.24, 2.45) is 14.1 Å². The number of halogens is 2. The molecule has 2 aromatic heterocycles. The second kappa shape index (κ2) is 8.94. The third-order valence-electron chi connectivity index (χ3n) is 6.01. The molecule has 8 heteroatoms. The summed E-state index contributed by atoms with van der Waals surface area (Å²) in [5.74, 6) is -1.99. The number of hydrogen-bond acceptors (Lipinski definition) is 4. The van der Waals surface area contributed by atoms with Gasteiger partial charge in [-0.25, -0.2) is 4.39 Å². The van der Waals surface area contributed by atoms with Crippen molar-refractivity contribution >= 4 is 10.9 Å². The molecule has 4 rings (SSSR count). The quantitative estimate of drug-likeness (QED) is 0.412. The predicted octanol–water partition coefficient (Wildman–Crippen LogP) is 4.55. The second-order valence-electron chi connectivity index (χ2n) is 8.65. The van der Waals surface area contributed by atoms with E-state index in [0.717, 1.165) is 45.2 Å². The van der Waals surface area contributed by atoms with E-state index in [-0.39, 0.29) is 12.4 Å². The topological polar surface area (TPSA) is 48.1 Å². The van der Waals surface area contributed by atoms with Crippen LogP contribution in [0, 0.1) is 25.5 Å². The van der Waals surface area contributed by atoms with Crippen LogP contribution in [-0.2, 0) is 27.1 Å². The Bertz CT molecular complexity index is 1320. The minimum absolute atomic E-state index is 0.0772. The van der Waals surface area contributed by atoms with Crippen LogP contribution in [0.3, 0.4) is 0 Å². The summed E-state index contributed by atoms with van der Waals surface area (Å²) < 4.78 is 38.5.